The molecule has 4 heteroatoms. The van der Waals surface area contributed by atoms with E-state index in [1.807, 2.05) is 19.9 Å². The SMILES string of the molecule is CC1(C)C(=O)C(C#N)=CC2(C)C3=CC(=O)CCC3(C#C[Si](C)(C)C)CCC12. The van der Waals surface area contributed by atoms with Crippen molar-refractivity contribution in [3.05, 3.63) is 23.3 Å². The number of nitrogens with zero attached hydrogens (tertiary/aromatic N) is 1. The van der Waals surface area contributed by atoms with Crippen LogP contribution in [0.3, 0.4) is 0 Å². The summed E-state index contributed by atoms with van der Waals surface area (Å²) in [6.45, 7) is 12.7. The van der Waals surface area contributed by atoms with Crippen LogP contribution < -0.4 is 0 Å². The summed E-state index contributed by atoms with van der Waals surface area (Å²) in [7, 11) is -1.56. The lowest BCUT2D eigenvalue weighted by molar-refractivity contribution is -0.130. The number of nitriles is 1. The van der Waals surface area contributed by atoms with Gasteiger partial charge in [0.2, 0.25) is 0 Å². The van der Waals surface area contributed by atoms with Gasteiger partial charge in [0.15, 0.2) is 11.6 Å². The van der Waals surface area contributed by atoms with E-state index in [-0.39, 0.29) is 28.5 Å². The van der Waals surface area contributed by atoms with E-state index >= 15 is 0 Å². The molecule has 3 aliphatic carbocycles. The van der Waals surface area contributed by atoms with E-state index in [2.05, 4.69) is 44.1 Å². The van der Waals surface area contributed by atoms with Gasteiger partial charge in [0.05, 0.1) is 11.0 Å². The average Bonchev–Trinajstić information content (AvgIpc) is 2.57. The van der Waals surface area contributed by atoms with Crippen molar-refractivity contribution >= 4 is 19.6 Å². The monoisotopic (exact) mass is 379 g/mol. The quantitative estimate of drug-likeness (QED) is 0.456. The molecule has 142 valence electrons. The normalized spacial score (nSPS) is 34.9. The highest BCUT2D eigenvalue weighted by atomic mass is 28.3. The molecule has 0 aromatic carbocycles. The van der Waals surface area contributed by atoms with Crippen molar-refractivity contribution < 1.29 is 9.59 Å². The molecule has 0 radical (unpaired) electrons. The zero-order chi connectivity index (χ0) is 20.3. The molecule has 3 nitrogen and oxygen atoms in total. The standard InChI is InChI=1S/C23H29NO2Si/c1-21(2)18-8-10-23(11-12-27(4,5)6)9-7-17(25)13-19(23)22(18,3)14-16(15-24)20(21)26/h13-14,18H,7-10H2,1-6H3. The highest BCUT2D eigenvalue weighted by Gasteiger charge is 2.59. The highest BCUT2D eigenvalue weighted by molar-refractivity contribution is 6.83. The third kappa shape index (κ3) is 3.05. The molecule has 0 aromatic rings. The summed E-state index contributed by atoms with van der Waals surface area (Å²) < 4.78 is 0. The second kappa shape index (κ2) is 6.04. The first-order valence-electron chi connectivity index (χ1n) is 9.83. The predicted molar refractivity (Wildman–Crippen MR) is 109 cm³/mol. The molecule has 27 heavy (non-hydrogen) atoms. The third-order valence-corrected chi connectivity index (χ3v) is 7.60. The van der Waals surface area contributed by atoms with Gasteiger partial charge in [0.1, 0.15) is 14.1 Å². The Balaban J connectivity index is 2.25. The maximum atomic E-state index is 12.8. The van der Waals surface area contributed by atoms with Gasteiger partial charge in [0, 0.05) is 17.3 Å². The van der Waals surface area contributed by atoms with Crippen LogP contribution in [0.2, 0.25) is 19.6 Å². The molecular formula is C23H29NO2Si. The lowest BCUT2D eigenvalue weighted by Crippen LogP contribution is -2.54. The smallest absolute Gasteiger partial charge is 0.178 e. The molecule has 3 atom stereocenters. The Labute approximate surface area is 163 Å². The number of allylic oxidation sites excluding steroid dienone is 4. The third-order valence-electron chi connectivity index (χ3n) is 6.73. The summed E-state index contributed by atoms with van der Waals surface area (Å²) in [4.78, 5) is 25.2. The van der Waals surface area contributed by atoms with Gasteiger partial charge in [-0.25, -0.2) is 0 Å². The Morgan fingerprint density at radius 2 is 1.81 bits per heavy atom. The van der Waals surface area contributed by atoms with Gasteiger partial charge in [0.25, 0.3) is 0 Å². The van der Waals surface area contributed by atoms with Crippen LogP contribution in [0, 0.1) is 45.0 Å². The number of hydrogen-bond acceptors (Lipinski definition) is 3. The summed E-state index contributed by atoms with van der Waals surface area (Å²) >= 11 is 0. The summed E-state index contributed by atoms with van der Waals surface area (Å²) in [5.41, 5.74) is 3.42. The van der Waals surface area contributed by atoms with Crippen LogP contribution in [0.25, 0.3) is 0 Å². The van der Waals surface area contributed by atoms with E-state index in [0.717, 1.165) is 24.8 Å². The summed E-state index contributed by atoms with van der Waals surface area (Å²) in [5.74, 6) is 3.76. The number of carbonyl (C=O) groups excluding carboxylic acids is 2. The van der Waals surface area contributed by atoms with Gasteiger partial charge < -0.3 is 0 Å². The number of rotatable bonds is 0. The second-order valence-corrected chi connectivity index (χ2v) is 15.0. The number of ketones is 2. The Morgan fingerprint density at radius 3 is 2.41 bits per heavy atom. The van der Waals surface area contributed by atoms with Crippen LogP contribution >= 0.6 is 0 Å². The van der Waals surface area contributed by atoms with Crippen molar-refractivity contribution in [2.24, 2.45) is 22.2 Å². The van der Waals surface area contributed by atoms with Crippen molar-refractivity contribution in [3.63, 3.8) is 0 Å². The Morgan fingerprint density at radius 1 is 1.15 bits per heavy atom. The number of Topliss-reactive ketones (excluding diaryl/α,β-unsaturated/α-hetero) is 1. The molecule has 0 saturated heterocycles. The number of fused-ring (bicyclic) bond motifs is 3. The van der Waals surface area contributed by atoms with E-state index in [1.54, 1.807) is 6.08 Å². The highest BCUT2D eigenvalue weighted by Crippen LogP contribution is 2.63. The molecule has 1 saturated carbocycles. The van der Waals surface area contributed by atoms with Gasteiger partial charge in [-0.3, -0.25) is 9.59 Å². The van der Waals surface area contributed by atoms with Crippen LogP contribution in [-0.4, -0.2) is 19.6 Å². The van der Waals surface area contributed by atoms with E-state index in [0.29, 0.717) is 6.42 Å². The first-order chi connectivity index (χ1) is 12.4. The Kier molecular flexibility index (Phi) is 4.44. The van der Waals surface area contributed by atoms with Gasteiger partial charge in [-0.1, -0.05) is 52.4 Å². The fraction of sp³-hybridized carbons (Fsp3) is 0.609. The summed E-state index contributed by atoms with van der Waals surface area (Å²) in [6, 6.07) is 2.11. The second-order valence-electron chi connectivity index (χ2n) is 10.2. The fourth-order valence-corrected chi connectivity index (χ4v) is 6.01. The van der Waals surface area contributed by atoms with Crippen LogP contribution in [-0.2, 0) is 9.59 Å². The number of carbonyl (C=O) groups is 2. The van der Waals surface area contributed by atoms with Crippen LogP contribution in [0.4, 0.5) is 0 Å². The zero-order valence-corrected chi connectivity index (χ0v) is 18.3. The van der Waals surface area contributed by atoms with Crippen molar-refractivity contribution in [1.82, 2.24) is 0 Å². The first-order valence-corrected chi connectivity index (χ1v) is 13.3. The van der Waals surface area contributed by atoms with Gasteiger partial charge in [-0.2, -0.15) is 5.26 Å². The van der Waals surface area contributed by atoms with E-state index in [4.69, 9.17) is 0 Å². The minimum absolute atomic E-state index is 0.0732. The summed E-state index contributed by atoms with van der Waals surface area (Å²) in [6.07, 6.45) is 6.70. The molecule has 1 fully saturated rings. The molecule has 0 aromatic heterocycles. The average molecular weight is 380 g/mol. The maximum Gasteiger partial charge on any atom is 0.178 e. The molecule has 0 heterocycles. The van der Waals surface area contributed by atoms with E-state index in [9.17, 15) is 14.9 Å². The molecule has 0 bridgehead atoms. The molecule has 0 N–H and O–H groups in total. The first kappa shape index (κ1) is 19.8. The molecule has 3 aliphatic rings. The van der Waals surface area contributed by atoms with Crippen LogP contribution in [0.1, 0.15) is 46.5 Å². The Hall–Kier alpha value is -1.91. The zero-order valence-electron chi connectivity index (χ0n) is 17.3. The van der Waals surface area contributed by atoms with Crippen molar-refractivity contribution in [1.29, 1.82) is 5.26 Å². The molecule has 0 aliphatic heterocycles. The topological polar surface area (TPSA) is 57.9 Å². The molecule has 3 rings (SSSR count). The van der Waals surface area contributed by atoms with Crippen LogP contribution in [0.15, 0.2) is 23.3 Å². The van der Waals surface area contributed by atoms with Gasteiger partial charge in [-0.05, 0) is 36.8 Å². The Bertz CT molecular complexity index is 884. The fourth-order valence-electron chi connectivity index (χ4n) is 5.39. The maximum absolute atomic E-state index is 12.8. The molecular weight excluding hydrogens is 350 g/mol. The minimum atomic E-state index is -1.56. The lowest BCUT2D eigenvalue weighted by Gasteiger charge is -2.57. The van der Waals surface area contributed by atoms with Gasteiger partial charge >= 0.3 is 0 Å². The van der Waals surface area contributed by atoms with Gasteiger partial charge in [-0.15, -0.1) is 5.54 Å². The number of hydrogen-bond donors (Lipinski definition) is 0. The van der Waals surface area contributed by atoms with Crippen molar-refractivity contribution in [2.75, 3.05) is 0 Å². The minimum Gasteiger partial charge on any atom is -0.295 e. The van der Waals surface area contributed by atoms with E-state index in [1.165, 1.54) is 0 Å². The van der Waals surface area contributed by atoms with Crippen molar-refractivity contribution in [3.8, 4) is 17.5 Å². The molecule has 0 spiro atoms. The van der Waals surface area contributed by atoms with E-state index < -0.39 is 18.9 Å². The predicted octanol–water partition coefficient (Wildman–Crippen LogP) is 4.62. The summed E-state index contributed by atoms with van der Waals surface area (Å²) in [5, 5.41) is 9.57. The van der Waals surface area contributed by atoms with Crippen molar-refractivity contribution in [2.45, 2.75) is 66.1 Å². The lowest BCUT2D eigenvalue weighted by atomic mass is 9.45. The molecule has 3 unspecified atom stereocenters. The van der Waals surface area contributed by atoms with Crippen LogP contribution in [0.5, 0.6) is 0 Å². The largest absolute Gasteiger partial charge is 0.295 e. The molecule has 0 amide bonds.